The molecular formula is C12H11F4N3O. The largest absolute Gasteiger partial charge is 0.417 e. The van der Waals surface area contributed by atoms with Crippen LogP contribution in [-0.2, 0) is 11.0 Å². The Morgan fingerprint density at radius 3 is 2.50 bits per heavy atom. The Balaban J connectivity index is 3.24. The minimum absolute atomic E-state index is 0.0206. The van der Waals surface area contributed by atoms with Crippen LogP contribution in [0.4, 0.5) is 23.2 Å². The van der Waals surface area contributed by atoms with Crippen LogP contribution in [0.25, 0.3) is 0 Å². The van der Waals surface area contributed by atoms with Crippen LogP contribution in [0.3, 0.4) is 0 Å². The molecule has 20 heavy (non-hydrogen) atoms. The van der Waals surface area contributed by atoms with E-state index in [9.17, 15) is 22.4 Å². The molecule has 8 heteroatoms. The summed E-state index contributed by atoms with van der Waals surface area (Å²) in [5.74, 6) is -0.795. The number of nitrogens with two attached hydrogens (primary N) is 1. The number of carbonyl (C=O) groups is 1. The van der Waals surface area contributed by atoms with Crippen molar-refractivity contribution in [3.8, 4) is 6.07 Å². The molecule has 0 fully saturated rings. The summed E-state index contributed by atoms with van der Waals surface area (Å²) in [5, 5.41) is 8.66. The molecule has 1 amide bonds. The molecule has 1 rings (SSSR count). The third-order valence-electron chi connectivity index (χ3n) is 2.50. The van der Waals surface area contributed by atoms with Crippen molar-refractivity contribution in [1.29, 1.82) is 5.26 Å². The maximum absolute atomic E-state index is 12.8. The molecule has 108 valence electrons. The number of rotatable bonds is 5. The van der Waals surface area contributed by atoms with Crippen LogP contribution >= 0.6 is 0 Å². The fourth-order valence-electron chi connectivity index (χ4n) is 1.65. The zero-order valence-electron chi connectivity index (χ0n) is 10.2. The van der Waals surface area contributed by atoms with Crippen molar-refractivity contribution in [2.75, 3.05) is 24.7 Å². The first-order valence-corrected chi connectivity index (χ1v) is 5.50. The van der Waals surface area contributed by atoms with Crippen molar-refractivity contribution in [2.45, 2.75) is 6.18 Å². The number of halogens is 4. The SMILES string of the molecule is N#Cc1ccc(N(CCF)CC(N)=O)cc1C(F)(F)F. The van der Waals surface area contributed by atoms with Crippen molar-refractivity contribution < 1.29 is 22.4 Å². The van der Waals surface area contributed by atoms with Gasteiger partial charge in [0.1, 0.15) is 6.67 Å². The van der Waals surface area contributed by atoms with E-state index >= 15 is 0 Å². The van der Waals surface area contributed by atoms with Gasteiger partial charge in [-0.3, -0.25) is 4.79 Å². The van der Waals surface area contributed by atoms with Gasteiger partial charge in [-0.25, -0.2) is 4.39 Å². The van der Waals surface area contributed by atoms with Gasteiger partial charge in [0, 0.05) is 12.2 Å². The molecule has 0 atom stereocenters. The lowest BCUT2D eigenvalue weighted by atomic mass is 10.1. The number of benzene rings is 1. The van der Waals surface area contributed by atoms with E-state index in [1.54, 1.807) is 0 Å². The summed E-state index contributed by atoms with van der Waals surface area (Å²) in [6, 6.07) is 4.33. The third kappa shape index (κ3) is 3.85. The van der Waals surface area contributed by atoms with Crippen LogP contribution in [0.2, 0.25) is 0 Å². The van der Waals surface area contributed by atoms with Gasteiger partial charge in [-0.05, 0) is 18.2 Å². The highest BCUT2D eigenvalue weighted by atomic mass is 19.4. The summed E-state index contributed by atoms with van der Waals surface area (Å²) < 4.78 is 50.8. The summed E-state index contributed by atoms with van der Waals surface area (Å²) in [6.07, 6.45) is -4.71. The Morgan fingerprint density at radius 2 is 2.05 bits per heavy atom. The topological polar surface area (TPSA) is 70.1 Å². The lowest BCUT2D eigenvalue weighted by Crippen LogP contribution is -2.35. The van der Waals surface area contributed by atoms with Gasteiger partial charge in [-0.2, -0.15) is 18.4 Å². The molecule has 0 heterocycles. The van der Waals surface area contributed by atoms with Crippen LogP contribution < -0.4 is 10.6 Å². The van der Waals surface area contributed by atoms with Crippen molar-refractivity contribution in [3.63, 3.8) is 0 Å². The number of primary amides is 1. The molecule has 0 bridgehead atoms. The number of hydrogen-bond donors (Lipinski definition) is 1. The third-order valence-corrected chi connectivity index (χ3v) is 2.50. The van der Waals surface area contributed by atoms with Gasteiger partial charge in [-0.1, -0.05) is 0 Å². The highest BCUT2D eigenvalue weighted by Gasteiger charge is 2.34. The van der Waals surface area contributed by atoms with E-state index in [1.807, 2.05) is 0 Å². The van der Waals surface area contributed by atoms with E-state index in [0.717, 1.165) is 11.0 Å². The Bertz CT molecular complexity index is 536. The van der Waals surface area contributed by atoms with E-state index in [2.05, 4.69) is 0 Å². The maximum atomic E-state index is 12.8. The minimum atomic E-state index is -4.71. The quantitative estimate of drug-likeness (QED) is 0.841. The average Bonchev–Trinajstić information content (AvgIpc) is 2.36. The number of anilines is 1. The maximum Gasteiger partial charge on any atom is 0.417 e. The number of nitrogens with zero attached hydrogens (tertiary/aromatic N) is 2. The lowest BCUT2D eigenvalue weighted by molar-refractivity contribution is -0.137. The molecule has 0 aliphatic rings. The Labute approximate surface area is 112 Å². The van der Waals surface area contributed by atoms with Gasteiger partial charge in [0.05, 0.1) is 23.7 Å². The second-order valence-electron chi connectivity index (χ2n) is 3.92. The van der Waals surface area contributed by atoms with Crippen LogP contribution in [0, 0.1) is 11.3 Å². The van der Waals surface area contributed by atoms with E-state index < -0.39 is 36.4 Å². The van der Waals surface area contributed by atoms with Crippen molar-refractivity contribution in [2.24, 2.45) is 5.73 Å². The van der Waals surface area contributed by atoms with Crippen molar-refractivity contribution in [1.82, 2.24) is 0 Å². The standard InChI is InChI=1S/C12H11F4N3O/c13-3-4-19(7-11(18)20)9-2-1-8(6-17)10(5-9)12(14,15)16/h1-2,5H,3-4,7H2,(H2,18,20). The molecule has 0 aliphatic carbocycles. The van der Waals surface area contributed by atoms with E-state index in [4.69, 9.17) is 11.0 Å². The van der Waals surface area contributed by atoms with Crippen molar-refractivity contribution >= 4 is 11.6 Å². The molecule has 0 aliphatic heterocycles. The zero-order valence-corrected chi connectivity index (χ0v) is 10.2. The molecule has 0 radical (unpaired) electrons. The molecular weight excluding hydrogens is 278 g/mol. The fraction of sp³-hybridized carbons (Fsp3) is 0.333. The molecule has 0 aromatic heterocycles. The van der Waals surface area contributed by atoms with Gasteiger partial charge in [0.15, 0.2) is 0 Å². The van der Waals surface area contributed by atoms with Crippen LogP contribution in [-0.4, -0.2) is 25.7 Å². The van der Waals surface area contributed by atoms with Crippen LogP contribution in [0.5, 0.6) is 0 Å². The highest BCUT2D eigenvalue weighted by Crippen LogP contribution is 2.34. The van der Waals surface area contributed by atoms with Gasteiger partial charge in [0.25, 0.3) is 0 Å². The first kappa shape index (κ1) is 15.8. The van der Waals surface area contributed by atoms with Gasteiger partial charge in [-0.15, -0.1) is 0 Å². The second-order valence-corrected chi connectivity index (χ2v) is 3.92. The summed E-state index contributed by atoms with van der Waals surface area (Å²) in [5.41, 5.74) is 3.27. The predicted molar refractivity (Wildman–Crippen MR) is 63.5 cm³/mol. The molecule has 2 N–H and O–H groups in total. The number of nitriles is 1. The zero-order chi connectivity index (χ0) is 15.3. The van der Waals surface area contributed by atoms with Crippen molar-refractivity contribution in [3.05, 3.63) is 29.3 Å². The highest BCUT2D eigenvalue weighted by molar-refractivity contribution is 5.79. The monoisotopic (exact) mass is 289 g/mol. The lowest BCUT2D eigenvalue weighted by Gasteiger charge is -2.23. The number of amides is 1. The first-order chi connectivity index (χ1) is 9.29. The minimum Gasteiger partial charge on any atom is -0.368 e. The molecule has 0 saturated heterocycles. The van der Waals surface area contributed by atoms with E-state index in [-0.39, 0.29) is 12.2 Å². The smallest absolute Gasteiger partial charge is 0.368 e. The average molecular weight is 289 g/mol. The van der Waals surface area contributed by atoms with Gasteiger partial charge in [0.2, 0.25) is 5.91 Å². The van der Waals surface area contributed by atoms with E-state index in [0.29, 0.717) is 6.07 Å². The molecule has 1 aromatic carbocycles. The molecule has 1 aromatic rings. The van der Waals surface area contributed by atoms with E-state index in [1.165, 1.54) is 12.1 Å². The molecule has 0 saturated carbocycles. The molecule has 0 spiro atoms. The summed E-state index contributed by atoms with van der Waals surface area (Å²) >= 11 is 0. The normalized spacial score (nSPS) is 10.9. The second kappa shape index (κ2) is 6.23. The Kier molecular flexibility index (Phi) is 4.91. The summed E-state index contributed by atoms with van der Waals surface area (Å²) in [6.45, 7) is -1.53. The Morgan fingerprint density at radius 1 is 1.40 bits per heavy atom. The van der Waals surface area contributed by atoms with Gasteiger partial charge >= 0.3 is 6.18 Å². The molecule has 4 nitrogen and oxygen atoms in total. The number of alkyl halides is 4. The van der Waals surface area contributed by atoms with Crippen LogP contribution in [0.15, 0.2) is 18.2 Å². The predicted octanol–water partition coefficient (Wildman–Crippen LogP) is 1.84. The first-order valence-electron chi connectivity index (χ1n) is 5.50. The molecule has 0 unspecified atom stereocenters. The number of carbonyl (C=O) groups excluding carboxylic acids is 1. The number of hydrogen-bond acceptors (Lipinski definition) is 3. The van der Waals surface area contributed by atoms with Crippen LogP contribution in [0.1, 0.15) is 11.1 Å². The van der Waals surface area contributed by atoms with Gasteiger partial charge < -0.3 is 10.6 Å². The summed E-state index contributed by atoms with van der Waals surface area (Å²) in [4.78, 5) is 11.9. The Hall–Kier alpha value is -2.30. The fourth-order valence-corrected chi connectivity index (χ4v) is 1.65. The summed E-state index contributed by atoms with van der Waals surface area (Å²) in [7, 11) is 0.